The highest BCUT2D eigenvalue weighted by Crippen LogP contribution is 2.23. The first kappa shape index (κ1) is 24.8. The van der Waals surface area contributed by atoms with Gasteiger partial charge in [-0.3, -0.25) is 9.52 Å². The Morgan fingerprint density at radius 1 is 0.912 bits per heavy atom. The van der Waals surface area contributed by atoms with Gasteiger partial charge in [-0.25, -0.2) is 13.2 Å². The number of aryl methyl sites for hydroxylation is 2. The van der Waals surface area contributed by atoms with E-state index >= 15 is 0 Å². The highest BCUT2D eigenvalue weighted by Gasteiger charge is 2.20. The summed E-state index contributed by atoms with van der Waals surface area (Å²) in [7, 11) is -3.97. The van der Waals surface area contributed by atoms with Crippen LogP contribution in [0.5, 0.6) is 5.75 Å². The summed E-state index contributed by atoms with van der Waals surface area (Å²) in [5.41, 5.74) is 2.50. The van der Waals surface area contributed by atoms with Crippen molar-refractivity contribution in [2.45, 2.75) is 25.7 Å². The summed E-state index contributed by atoms with van der Waals surface area (Å²) in [5, 5.41) is 2.71. The second-order valence-electron chi connectivity index (χ2n) is 7.50. The molecule has 0 saturated carbocycles. The largest absolute Gasteiger partial charge is 0.494 e. The van der Waals surface area contributed by atoms with Crippen LogP contribution in [0.2, 0.25) is 0 Å². The standard InChI is InChI=1S/C25H26N2O6S/c1-4-32-19-11-13-20(14-12-19)34(30,31)27-22-8-6-5-7-21(22)25(29)33-16-24(28)26-23-15-17(2)9-10-18(23)3/h5-15,27H,4,16H2,1-3H3,(H,26,28). The number of rotatable bonds is 9. The lowest BCUT2D eigenvalue weighted by molar-refractivity contribution is -0.119. The van der Waals surface area contributed by atoms with Crippen molar-refractivity contribution in [1.82, 2.24) is 0 Å². The van der Waals surface area contributed by atoms with Crippen LogP contribution in [0.1, 0.15) is 28.4 Å². The molecule has 0 aliphatic heterocycles. The van der Waals surface area contributed by atoms with Gasteiger partial charge in [0.05, 0.1) is 22.8 Å². The minimum atomic E-state index is -3.97. The summed E-state index contributed by atoms with van der Waals surface area (Å²) in [6.45, 7) is 5.53. The third-order valence-electron chi connectivity index (χ3n) is 4.84. The molecule has 0 fully saturated rings. The molecule has 0 aliphatic carbocycles. The van der Waals surface area contributed by atoms with Gasteiger partial charge in [0, 0.05) is 5.69 Å². The van der Waals surface area contributed by atoms with Gasteiger partial charge in [0.1, 0.15) is 5.75 Å². The van der Waals surface area contributed by atoms with Gasteiger partial charge in [-0.1, -0.05) is 24.3 Å². The van der Waals surface area contributed by atoms with Crippen molar-refractivity contribution in [3.63, 3.8) is 0 Å². The first-order valence-corrected chi connectivity index (χ1v) is 12.1. The molecule has 0 radical (unpaired) electrons. The van der Waals surface area contributed by atoms with Crippen molar-refractivity contribution < 1.29 is 27.5 Å². The van der Waals surface area contributed by atoms with Gasteiger partial charge in [0.25, 0.3) is 15.9 Å². The quantitative estimate of drug-likeness (QED) is 0.440. The van der Waals surface area contributed by atoms with Gasteiger partial charge in [0.15, 0.2) is 6.61 Å². The van der Waals surface area contributed by atoms with E-state index in [-0.39, 0.29) is 16.1 Å². The Hall–Kier alpha value is -3.85. The van der Waals surface area contributed by atoms with E-state index in [1.807, 2.05) is 39.0 Å². The number of esters is 1. The van der Waals surface area contributed by atoms with Gasteiger partial charge in [0.2, 0.25) is 0 Å². The predicted molar refractivity (Wildman–Crippen MR) is 130 cm³/mol. The van der Waals surface area contributed by atoms with E-state index < -0.39 is 28.5 Å². The molecule has 3 aromatic carbocycles. The lowest BCUT2D eigenvalue weighted by atomic mass is 10.1. The number of sulfonamides is 1. The number of carbonyl (C=O) groups excluding carboxylic acids is 2. The van der Waals surface area contributed by atoms with Gasteiger partial charge in [-0.2, -0.15) is 0 Å². The average molecular weight is 483 g/mol. The molecule has 0 aliphatic rings. The van der Waals surface area contributed by atoms with Crippen molar-refractivity contribution in [2.24, 2.45) is 0 Å². The predicted octanol–water partition coefficient (Wildman–Crippen LogP) is 4.30. The molecule has 178 valence electrons. The SMILES string of the molecule is CCOc1ccc(S(=O)(=O)Nc2ccccc2C(=O)OCC(=O)Nc2cc(C)ccc2C)cc1. The van der Waals surface area contributed by atoms with Crippen molar-refractivity contribution in [3.05, 3.63) is 83.4 Å². The summed E-state index contributed by atoms with van der Waals surface area (Å²) in [6, 6.07) is 17.6. The van der Waals surface area contributed by atoms with Crippen molar-refractivity contribution in [2.75, 3.05) is 23.3 Å². The van der Waals surface area contributed by atoms with E-state index in [1.165, 1.54) is 24.3 Å². The molecule has 0 aromatic heterocycles. The molecule has 34 heavy (non-hydrogen) atoms. The van der Waals surface area contributed by atoms with Gasteiger partial charge in [-0.15, -0.1) is 0 Å². The Bertz CT molecular complexity index is 1290. The zero-order valence-corrected chi connectivity index (χ0v) is 19.9. The molecular formula is C25H26N2O6S. The van der Waals surface area contributed by atoms with Crippen molar-refractivity contribution in [3.8, 4) is 5.75 Å². The van der Waals surface area contributed by atoms with Crippen molar-refractivity contribution >= 4 is 33.3 Å². The highest BCUT2D eigenvalue weighted by atomic mass is 32.2. The average Bonchev–Trinajstić information content (AvgIpc) is 2.80. The maximum Gasteiger partial charge on any atom is 0.340 e. The molecule has 0 spiro atoms. The molecule has 0 unspecified atom stereocenters. The Morgan fingerprint density at radius 2 is 1.62 bits per heavy atom. The second-order valence-corrected chi connectivity index (χ2v) is 9.18. The van der Waals surface area contributed by atoms with Crippen LogP contribution in [-0.4, -0.2) is 33.5 Å². The van der Waals surface area contributed by atoms with E-state index in [0.29, 0.717) is 18.0 Å². The summed E-state index contributed by atoms with van der Waals surface area (Å²) in [6.07, 6.45) is 0. The van der Waals surface area contributed by atoms with Crippen LogP contribution in [0, 0.1) is 13.8 Å². The lowest BCUT2D eigenvalue weighted by Gasteiger charge is -2.13. The van der Waals surface area contributed by atoms with Crippen LogP contribution in [0.4, 0.5) is 11.4 Å². The number of hydrogen-bond acceptors (Lipinski definition) is 6. The molecule has 1 amide bonds. The number of nitrogens with one attached hydrogen (secondary N) is 2. The maximum absolute atomic E-state index is 12.8. The minimum absolute atomic E-state index is 0.00651. The Kier molecular flexibility index (Phi) is 7.91. The van der Waals surface area contributed by atoms with Gasteiger partial charge in [-0.05, 0) is 74.4 Å². The summed E-state index contributed by atoms with van der Waals surface area (Å²) in [5.74, 6) is -0.792. The summed E-state index contributed by atoms with van der Waals surface area (Å²) < 4.78 is 38.5. The third-order valence-corrected chi connectivity index (χ3v) is 6.22. The fourth-order valence-electron chi connectivity index (χ4n) is 3.10. The molecule has 8 nitrogen and oxygen atoms in total. The zero-order chi connectivity index (χ0) is 24.7. The Morgan fingerprint density at radius 3 is 2.32 bits per heavy atom. The number of ether oxygens (including phenoxy) is 2. The fraction of sp³-hybridized carbons (Fsp3) is 0.200. The summed E-state index contributed by atoms with van der Waals surface area (Å²) in [4.78, 5) is 24.9. The molecule has 3 aromatic rings. The second kappa shape index (κ2) is 10.8. The first-order chi connectivity index (χ1) is 16.2. The Balaban J connectivity index is 1.68. The number of hydrogen-bond donors (Lipinski definition) is 2. The summed E-state index contributed by atoms with van der Waals surface area (Å²) >= 11 is 0. The smallest absolute Gasteiger partial charge is 0.340 e. The van der Waals surface area contributed by atoms with Crippen LogP contribution in [0.25, 0.3) is 0 Å². The molecule has 0 heterocycles. The molecule has 2 N–H and O–H groups in total. The zero-order valence-electron chi connectivity index (χ0n) is 19.1. The molecule has 0 bridgehead atoms. The van der Waals surface area contributed by atoms with E-state index in [9.17, 15) is 18.0 Å². The monoisotopic (exact) mass is 482 g/mol. The van der Waals surface area contributed by atoms with Crippen LogP contribution < -0.4 is 14.8 Å². The fourth-order valence-corrected chi connectivity index (χ4v) is 4.18. The number of carbonyl (C=O) groups is 2. The number of anilines is 2. The lowest BCUT2D eigenvalue weighted by Crippen LogP contribution is -2.22. The van der Waals surface area contributed by atoms with Gasteiger partial charge >= 0.3 is 5.97 Å². The molecule has 0 saturated heterocycles. The number of para-hydroxylation sites is 1. The molecule has 9 heteroatoms. The number of amides is 1. The van der Waals surface area contributed by atoms with Crippen LogP contribution in [0.3, 0.4) is 0 Å². The highest BCUT2D eigenvalue weighted by molar-refractivity contribution is 7.92. The number of benzene rings is 3. The maximum atomic E-state index is 12.8. The molecule has 0 atom stereocenters. The Labute approximate surface area is 199 Å². The van der Waals surface area contributed by atoms with E-state index in [1.54, 1.807) is 24.3 Å². The first-order valence-electron chi connectivity index (χ1n) is 10.6. The van der Waals surface area contributed by atoms with E-state index in [2.05, 4.69) is 10.0 Å². The van der Waals surface area contributed by atoms with E-state index in [0.717, 1.165) is 11.1 Å². The van der Waals surface area contributed by atoms with E-state index in [4.69, 9.17) is 9.47 Å². The normalized spacial score (nSPS) is 10.9. The van der Waals surface area contributed by atoms with Gasteiger partial charge < -0.3 is 14.8 Å². The third kappa shape index (κ3) is 6.35. The topological polar surface area (TPSA) is 111 Å². The molecule has 3 rings (SSSR count). The van der Waals surface area contributed by atoms with Crippen LogP contribution in [0.15, 0.2) is 71.6 Å². The van der Waals surface area contributed by atoms with Crippen LogP contribution in [-0.2, 0) is 19.6 Å². The van der Waals surface area contributed by atoms with Crippen molar-refractivity contribution in [1.29, 1.82) is 0 Å². The van der Waals surface area contributed by atoms with Crippen LogP contribution >= 0.6 is 0 Å². The minimum Gasteiger partial charge on any atom is -0.494 e. The molecular weight excluding hydrogens is 456 g/mol.